The van der Waals surface area contributed by atoms with Crippen LogP contribution in [0, 0.1) is 0 Å². The summed E-state index contributed by atoms with van der Waals surface area (Å²) in [5, 5.41) is 19.7. The summed E-state index contributed by atoms with van der Waals surface area (Å²) in [6, 6.07) is 9.82. The molecule has 0 amide bonds. The second kappa shape index (κ2) is 8.59. The summed E-state index contributed by atoms with van der Waals surface area (Å²) in [4.78, 5) is 0. The van der Waals surface area contributed by atoms with Gasteiger partial charge in [-0.05, 0) is 26.3 Å². The molecule has 2 aliphatic heterocycles. The molecule has 6 atom stereocenters. The van der Waals surface area contributed by atoms with E-state index >= 15 is 0 Å². The molecule has 0 aliphatic carbocycles. The fourth-order valence-electron chi connectivity index (χ4n) is 3.61. The molecular weight excluding hydrogens is 364 g/mol. The van der Waals surface area contributed by atoms with Crippen LogP contribution in [0.5, 0.6) is 0 Å². The van der Waals surface area contributed by atoms with Crippen molar-refractivity contribution in [2.45, 2.75) is 69.5 Å². The van der Waals surface area contributed by atoms with Crippen molar-refractivity contribution >= 4 is 0 Å². The third-order valence-electron chi connectivity index (χ3n) is 5.13. The van der Waals surface area contributed by atoms with Gasteiger partial charge < -0.3 is 33.9 Å². The molecule has 2 fully saturated rings. The Morgan fingerprint density at radius 3 is 2.57 bits per heavy atom. The van der Waals surface area contributed by atoms with E-state index in [1.165, 1.54) is 0 Å². The Balaban J connectivity index is 1.66. The minimum absolute atomic E-state index is 0.192. The summed E-state index contributed by atoms with van der Waals surface area (Å²) in [5.41, 5.74) is 0.0190. The molecule has 7 heteroatoms. The van der Waals surface area contributed by atoms with Crippen LogP contribution in [0.4, 0.5) is 0 Å². The van der Waals surface area contributed by atoms with Crippen molar-refractivity contribution in [3.8, 4) is 0 Å². The van der Waals surface area contributed by atoms with Gasteiger partial charge in [-0.15, -0.1) is 6.58 Å². The molecule has 7 nitrogen and oxygen atoms in total. The number of hydrogen-bond donors (Lipinski definition) is 2. The predicted molar refractivity (Wildman–Crippen MR) is 101 cm³/mol. The Hall–Kier alpha value is -1.32. The molecule has 1 aromatic carbocycles. The van der Waals surface area contributed by atoms with Crippen LogP contribution in [0.3, 0.4) is 0 Å². The van der Waals surface area contributed by atoms with Gasteiger partial charge >= 0.3 is 0 Å². The highest BCUT2D eigenvalue weighted by atomic mass is 16.8. The van der Waals surface area contributed by atoms with Crippen LogP contribution in [-0.4, -0.2) is 65.5 Å². The summed E-state index contributed by atoms with van der Waals surface area (Å²) < 4.78 is 29.6. The SMILES string of the molecule is C=CC(CO[C@]1(C)[C@@H]([C@H](O)CO)O[C@@H]2OC(C)(C)O[C@@H]21)OCc1ccccc1. The normalized spacial score (nSPS) is 33.4. The number of aliphatic hydroxyl groups excluding tert-OH is 2. The third kappa shape index (κ3) is 4.46. The largest absolute Gasteiger partial charge is 0.394 e. The molecule has 2 saturated heterocycles. The maximum Gasteiger partial charge on any atom is 0.190 e. The maximum absolute atomic E-state index is 10.2. The van der Waals surface area contributed by atoms with E-state index in [1.807, 2.05) is 30.3 Å². The van der Waals surface area contributed by atoms with E-state index < -0.39 is 42.6 Å². The molecular formula is C21H30O7. The number of ether oxygens (including phenoxy) is 5. The van der Waals surface area contributed by atoms with Gasteiger partial charge in [-0.2, -0.15) is 0 Å². The van der Waals surface area contributed by atoms with E-state index in [1.54, 1.807) is 26.8 Å². The fourth-order valence-corrected chi connectivity index (χ4v) is 3.61. The lowest BCUT2D eigenvalue weighted by Crippen LogP contribution is -2.54. The molecule has 28 heavy (non-hydrogen) atoms. The minimum Gasteiger partial charge on any atom is -0.394 e. The summed E-state index contributed by atoms with van der Waals surface area (Å²) >= 11 is 0. The number of benzene rings is 1. The van der Waals surface area contributed by atoms with Crippen LogP contribution in [0.25, 0.3) is 0 Å². The second-order valence-corrected chi connectivity index (χ2v) is 7.80. The topological polar surface area (TPSA) is 86.6 Å². The molecule has 2 heterocycles. The van der Waals surface area contributed by atoms with Gasteiger partial charge in [-0.3, -0.25) is 0 Å². The first-order valence-electron chi connectivity index (χ1n) is 9.51. The first kappa shape index (κ1) is 21.4. The Kier molecular flexibility index (Phi) is 6.56. The first-order valence-corrected chi connectivity index (χ1v) is 9.51. The van der Waals surface area contributed by atoms with E-state index in [0.717, 1.165) is 5.56 Å². The summed E-state index contributed by atoms with van der Waals surface area (Å²) in [5.74, 6) is -0.823. The fraction of sp³-hybridized carbons (Fsp3) is 0.619. The molecule has 1 unspecified atom stereocenters. The van der Waals surface area contributed by atoms with Crippen molar-refractivity contribution in [2.24, 2.45) is 0 Å². The lowest BCUT2D eigenvalue weighted by Gasteiger charge is -2.37. The molecule has 0 aromatic heterocycles. The predicted octanol–water partition coefficient (Wildman–Crippen LogP) is 1.76. The van der Waals surface area contributed by atoms with Crippen LogP contribution in [0.15, 0.2) is 43.0 Å². The lowest BCUT2D eigenvalue weighted by atomic mass is 9.91. The average Bonchev–Trinajstić information content (AvgIpc) is 3.13. The van der Waals surface area contributed by atoms with Gasteiger partial charge in [-0.1, -0.05) is 36.4 Å². The molecule has 2 N–H and O–H groups in total. The van der Waals surface area contributed by atoms with E-state index in [4.69, 9.17) is 23.7 Å². The zero-order valence-electron chi connectivity index (χ0n) is 16.6. The molecule has 0 spiro atoms. The molecule has 156 valence electrons. The molecule has 0 saturated carbocycles. The van der Waals surface area contributed by atoms with E-state index in [-0.39, 0.29) is 12.7 Å². The van der Waals surface area contributed by atoms with E-state index in [2.05, 4.69) is 6.58 Å². The van der Waals surface area contributed by atoms with Crippen LogP contribution in [0.1, 0.15) is 26.3 Å². The summed E-state index contributed by atoms with van der Waals surface area (Å²) in [7, 11) is 0. The number of rotatable bonds is 9. The Morgan fingerprint density at radius 2 is 1.93 bits per heavy atom. The van der Waals surface area contributed by atoms with Crippen LogP contribution < -0.4 is 0 Å². The van der Waals surface area contributed by atoms with Gasteiger partial charge in [0, 0.05) is 0 Å². The maximum atomic E-state index is 10.2. The monoisotopic (exact) mass is 394 g/mol. The number of fused-ring (bicyclic) bond motifs is 1. The number of hydrogen-bond acceptors (Lipinski definition) is 7. The van der Waals surface area contributed by atoms with E-state index in [9.17, 15) is 10.2 Å². The minimum atomic E-state index is -1.13. The van der Waals surface area contributed by atoms with Gasteiger partial charge in [0.25, 0.3) is 0 Å². The molecule has 1 aromatic rings. The van der Waals surface area contributed by atoms with Crippen LogP contribution in [-0.2, 0) is 30.3 Å². The van der Waals surface area contributed by atoms with Gasteiger partial charge in [0.15, 0.2) is 12.1 Å². The smallest absolute Gasteiger partial charge is 0.190 e. The quantitative estimate of drug-likeness (QED) is 0.617. The highest BCUT2D eigenvalue weighted by Crippen LogP contribution is 2.45. The molecule has 0 radical (unpaired) electrons. The van der Waals surface area contributed by atoms with Crippen LogP contribution in [0.2, 0.25) is 0 Å². The summed E-state index contributed by atoms with van der Waals surface area (Å²) in [6.45, 7) is 9.36. The summed E-state index contributed by atoms with van der Waals surface area (Å²) in [6.07, 6.45) is -1.85. The van der Waals surface area contributed by atoms with Gasteiger partial charge in [0.05, 0.1) is 25.9 Å². The van der Waals surface area contributed by atoms with Crippen molar-refractivity contribution in [3.05, 3.63) is 48.6 Å². The average molecular weight is 394 g/mol. The van der Waals surface area contributed by atoms with Crippen molar-refractivity contribution in [3.63, 3.8) is 0 Å². The standard InChI is InChI=1S/C21H30O7/c1-5-15(24-12-14-9-7-6-8-10-14)13-25-21(4)17(16(23)11-22)26-19-18(21)27-20(2,3)28-19/h5-10,15-19,22-23H,1,11-13H2,2-4H3/t15?,16-,17-,18+,19-,21-/m1/s1. The Labute approximate surface area is 165 Å². The second-order valence-electron chi connectivity index (χ2n) is 7.80. The van der Waals surface area contributed by atoms with Crippen LogP contribution >= 0.6 is 0 Å². The first-order chi connectivity index (χ1) is 13.3. The molecule has 2 aliphatic rings. The van der Waals surface area contributed by atoms with Crippen molar-refractivity contribution < 1.29 is 33.9 Å². The zero-order valence-corrected chi connectivity index (χ0v) is 16.6. The number of aliphatic hydroxyl groups is 2. The molecule has 0 bridgehead atoms. The molecule has 3 rings (SSSR count). The third-order valence-corrected chi connectivity index (χ3v) is 5.13. The van der Waals surface area contributed by atoms with Crippen molar-refractivity contribution in [2.75, 3.05) is 13.2 Å². The highest BCUT2D eigenvalue weighted by molar-refractivity contribution is 5.13. The Bertz CT molecular complexity index is 649. The lowest BCUT2D eigenvalue weighted by molar-refractivity contribution is -0.251. The zero-order chi connectivity index (χ0) is 20.4. The Morgan fingerprint density at radius 1 is 1.21 bits per heavy atom. The van der Waals surface area contributed by atoms with Crippen molar-refractivity contribution in [1.82, 2.24) is 0 Å². The van der Waals surface area contributed by atoms with Crippen molar-refractivity contribution in [1.29, 1.82) is 0 Å². The van der Waals surface area contributed by atoms with Gasteiger partial charge in [-0.25, -0.2) is 0 Å². The van der Waals surface area contributed by atoms with Gasteiger partial charge in [0.1, 0.15) is 23.9 Å². The van der Waals surface area contributed by atoms with E-state index in [0.29, 0.717) is 6.61 Å². The highest BCUT2D eigenvalue weighted by Gasteiger charge is 2.63. The van der Waals surface area contributed by atoms with Gasteiger partial charge in [0.2, 0.25) is 0 Å².